The number of nitrogens with zero attached hydrogens (tertiary/aromatic N) is 1. The van der Waals surface area contributed by atoms with Crippen LogP contribution in [0.2, 0.25) is 0 Å². The van der Waals surface area contributed by atoms with E-state index < -0.39 is 0 Å². The highest BCUT2D eigenvalue weighted by Crippen LogP contribution is 2.19. The first-order chi connectivity index (χ1) is 8.22. The van der Waals surface area contributed by atoms with Gasteiger partial charge in [0.05, 0.1) is 19.3 Å². The number of carbonyl (C=O) groups is 2. The Morgan fingerprint density at radius 3 is 3.00 bits per heavy atom. The van der Waals surface area contributed by atoms with Crippen LogP contribution in [0, 0.1) is 5.92 Å². The van der Waals surface area contributed by atoms with E-state index in [-0.39, 0.29) is 17.8 Å². The summed E-state index contributed by atoms with van der Waals surface area (Å²) in [7, 11) is 1.37. The van der Waals surface area contributed by atoms with Gasteiger partial charge in [-0.25, -0.2) is 0 Å². The van der Waals surface area contributed by atoms with E-state index in [2.05, 4.69) is 0 Å². The van der Waals surface area contributed by atoms with Gasteiger partial charge >= 0.3 is 5.97 Å². The molecule has 1 atom stereocenters. The molecule has 1 amide bonds. The van der Waals surface area contributed by atoms with E-state index in [1.807, 2.05) is 0 Å². The molecule has 0 aromatic carbocycles. The Labute approximate surface area is 99.3 Å². The first kappa shape index (κ1) is 11.7. The Morgan fingerprint density at radius 2 is 2.35 bits per heavy atom. The van der Waals surface area contributed by atoms with E-state index >= 15 is 0 Å². The van der Waals surface area contributed by atoms with Gasteiger partial charge in [-0.3, -0.25) is 9.59 Å². The number of furan rings is 1. The quantitative estimate of drug-likeness (QED) is 0.727. The number of methoxy groups -OCH3 is 1. The van der Waals surface area contributed by atoms with E-state index in [0.717, 1.165) is 12.8 Å². The lowest BCUT2D eigenvalue weighted by molar-refractivity contribution is -0.146. The van der Waals surface area contributed by atoms with Crippen molar-refractivity contribution in [2.45, 2.75) is 12.8 Å². The van der Waals surface area contributed by atoms with Crippen molar-refractivity contribution < 1.29 is 18.7 Å². The molecule has 17 heavy (non-hydrogen) atoms. The van der Waals surface area contributed by atoms with Gasteiger partial charge in [0.15, 0.2) is 5.76 Å². The zero-order chi connectivity index (χ0) is 12.3. The molecule has 0 spiro atoms. The molecule has 1 aromatic heterocycles. The van der Waals surface area contributed by atoms with E-state index in [9.17, 15) is 9.59 Å². The number of ether oxygens (including phenoxy) is 1. The van der Waals surface area contributed by atoms with Gasteiger partial charge in [-0.1, -0.05) is 0 Å². The molecule has 2 heterocycles. The van der Waals surface area contributed by atoms with Gasteiger partial charge in [0.2, 0.25) is 0 Å². The largest absolute Gasteiger partial charge is 0.469 e. The third kappa shape index (κ3) is 2.49. The first-order valence-corrected chi connectivity index (χ1v) is 5.63. The Balaban J connectivity index is 2.02. The molecular weight excluding hydrogens is 222 g/mol. The van der Waals surface area contributed by atoms with Gasteiger partial charge in [0, 0.05) is 13.1 Å². The van der Waals surface area contributed by atoms with Gasteiger partial charge in [0.25, 0.3) is 5.91 Å². The minimum Gasteiger partial charge on any atom is -0.469 e. The molecule has 92 valence electrons. The van der Waals surface area contributed by atoms with Gasteiger partial charge in [0.1, 0.15) is 0 Å². The monoisotopic (exact) mass is 237 g/mol. The van der Waals surface area contributed by atoms with Crippen molar-refractivity contribution in [3.05, 3.63) is 24.2 Å². The molecule has 0 aliphatic carbocycles. The van der Waals surface area contributed by atoms with Crippen LogP contribution in [0.5, 0.6) is 0 Å². The highest BCUT2D eigenvalue weighted by Gasteiger charge is 2.30. The normalized spacial score (nSPS) is 20.1. The number of piperidine rings is 1. The average Bonchev–Trinajstić information content (AvgIpc) is 2.91. The Kier molecular flexibility index (Phi) is 3.46. The lowest BCUT2D eigenvalue weighted by atomic mass is 9.98. The van der Waals surface area contributed by atoms with Crippen molar-refractivity contribution in [2.75, 3.05) is 20.2 Å². The van der Waals surface area contributed by atoms with Crippen molar-refractivity contribution in [3.63, 3.8) is 0 Å². The summed E-state index contributed by atoms with van der Waals surface area (Å²) in [4.78, 5) is 25.1. The van der Waals surface area contributed by atoms with Crippen molar-refractivity contribution in [1.82, 2.24) is 4.90 Å². The van der Waals surface area contributed by atoms with Crippen LogP contribution in [-0.4, -0.2) is 37.0 Å². The number of rotatable bonds is 2. The third-order valence-electron chi connectivity index (χ3n) is 2.98. The number of hydrogen-bond donors (Lipinski definition) is 0. The lowest BCUT2D eigenvalue weighted by Gasteiger charge is -2.30. The summed E-state index contributed by atoms with van der Waals surface area (Å²) in [6, 6.07) is 3.30. The van der Waals surface area contributed by atoms with Gasteiger partial charge in [-0.15, -0.1) is 0 Å². The van der Waals surface area contributed by atoms with Crippen LogP contribution in [0.4, 0.5) is 0 Å². The fraction of sp³-hybridized carbons (Fsp3) is 0.500. The Hall–Kier alpha value is -1.78. The summed E-state index contributed by atoms with van der Waals surface area (Å²) in [6.45, 7) is 1.07. The minimum atomic E-state index is -0.248. The summed E-state index contributed by atoms with van der Waals surface area (Å²) < 4.78 is 9.77. The lowest BCUT2D eigenvalue weighted by Crippen LogP contribution is -2.42. The van der Waals surface area contributed by atoms with Gasteiger partial charge in [-0.2, -0.15) is 0 Å². The molecule has 1 fully saturated rings. The number of hydrogen-bond acceptors (Lipinski definition) is 4. The van der Waals surface area contributed by atoms with Crippen LogP contribution in [0.15, 0.2) is 22.8 Å². The molecule has 0 bridgehead atoms. The summed E-state index contributed by atoms with van der Waals surface area (Å²) in [5.74, 6) is -0.311. The smallest absolute Gasteiger partial charge is 0.310 e. The second-order valence-corrected chi connectivity index (χ2v) is 4.09. The van der Waals surface area contributed by atoms with E-state index in [1.165, 1.54) is 13.4 Å². The van der Waals surface area contributed by atoms with Crippen LogP contribution in [0.1, 0.15) is 23.4 Å². The van der Waals surface area contributed by atoms with Crippen molar-refractivity contribution in [2.24, 2.45) is 5.92 Å². The number of esters is 1. The highest BCUT2D eigenvalue weighted by atomic mass is 16.5. The zero-order valence-electron chi connectivity index (χ0n) is 9.72. The fourth-order valence-corrected chi connectivity index (χ4v) is 2.08. The molecule has 0 N–H and O–H groups in total. The van der Waals surface area contributed by atoms with Crippen LogP contribution >= 0.6 is 0 Å². The molecule has 5 heteroatoms. The van der Waals surface area contributed by atoms with E-state index in [1.54, 1.807) is 17.0 Å². The second-order valence-electron chi connectivity index (χ2n) is 4.09. The van der Waals surface area contributed by atoms with Crippen molar-refractivity contribution in [3.8, 4) is 0 Å². The molecule has 1 saturated heterocycles. The molecule has 1 aliphatic heterocycles. The summed E-state index contributed by atoms with van der Waals surface area (Å²) in [5.41, 5.74) is 0. The topological polar surface area (TPSA) is 59.8 Å². The van der Waals surface area contributed by atoms with E-state index in [4.69, 9.17) is 9.15 Å². The maximum Gasteiger partial charge on any atom is 0.310 e. The fourth-order valence-electron chi connectivity index (χ4n) is 2.08. The highest BCUT2D eigenvalue weighted by molar-refractivity contribution is 5.91. The van der Waals surface area contributed by atoms with Crippen LogP contribution in [0.3, 0.4) is 0 Å². The van der Waals surface area contributed by atoms with Crippen LogP contribution in [0.25, 0.3) is 0 Å². The molecule has 1 unspecified atom stereocenters. The summed E-state index contributed by atoms with van der Waals surface area (Å²) in [5, 5.41) is 0. The van der Waals surface area contributed by atoms with E-state index in [0.29, 0.717) is 18.8 Å². The number of amides is 1. The first-order valence-electron chi connectivity index (χ1n) is 5.63. The molecule has 1 aromatic rings. The Morgan fingerprint density at radius 1 is 1.53 bits per heavy atom. The van der Waals surface area contributed by atoms with Gasteiger partial charge in [-0.05, 0) is 25.0 Å². The summed E-state index contributed by atoms with van der Waals surface area (Å²) in [6.07, 6.45) is 3.05. The van der Waals surface area contributed by atoms with Gasteiger partial charge < -0.3 is 14.1 Å². The Bertz CT molecular complexity index is 399. The van der Waals surface area contributed by atoms with Crippen LogP contribution < -0.4 is 0 Å². The standard InChI is InChI=1S/C12H15NO4/c1-16-12(15)9-4-2-6-13(8-9)11(14)10-5-3-7-17-10/h3,5,7,9H,2,4,6,8H2,1H3. The molecule has 2 rings (SSSR count). The van der Waals surface area contributed by atoms with Crippen LogP contribution in [-0.2, 0) is 9.53 Å². The van der Waals surface area contributed by atoms with Crippen molar-refractivity contribution in [1.29, 1.82) is 0 Å². The number of likely N-dealkylation sites (tertiary alicyclic amines) is 1. The molecule has 0 saturated carbocycles. The third-order valence-corrected chi connectivity index (χ3v) is 2.98. The maximum absolute atomic E-state index is 12.0. The van der Waals surface area contributed by atoms with Crippen molar-refractivity contribution >= 4 is 11.9 Å². The minimum absolute atomic E-state index is 0.163. The predicted molar refractivity (Wildman–Crippen MR) is 59.4 cm³/mol. The molecule has 0 radical (unpaired) electrons. The molecular formula is C12H15NO4. The zero-order valence-corrected chi connectivity index (χ0v) is 9.72. The SMILES string of the molecule is COC(=O)C1CCCN(C(=O)c2ccco2)C1. The average molecular weight is 237 g/mol. The molecule has 5 nitrogen and oxygen atoms in total. The number of carbonyl (C=O) groups excluding carboxylic acids is 2. The molecule has 1 aliphatic rings. The predicted octanol–water partition coefficient (Wildman–Crippen LogP) is 1.30. The summed E-state index contributed by atoms with van der Waals surface area (Å²) >= 11 is 0. The maximum atomic E-state index is 12.0. The second kappa shape index (κ2) is 5.03.